The molecule has 16 heavy (non-hydrogen) atoms. The van der Waals surface area contributed by atoms with E-state index in [4.69, 9.17) is 10.2 Å². The van der Waals surface area contributed by atoms with Gasteiger partial charge in [0.05, 0.1) is 40.3 Å². The minimum Gasteiger partial charge on any atom is -0.391 e. The average Bonchev–Trinajstić information content (AvgIpc) is 2.26. The first kappa shape index (κ1) is 12.0. The number of benzene rings is 1. The summed E-state index contributed by atoms with van der Waals surface area (Å²) in [4.78, 5) is 19.5. The fraction of sp³-hybridized carbons (Fsp3) is 0.250. The summed E-state index contributed by atoms with van der Waals surface area (Å²) in [6.07, 6.45) is 0. The van der Waals surface area contributed by atoms with Gasteiger partial charge in [0.15, 0.2) is 0 Å². The highest BCUT2D eigenvalue weighted by molar-refractivity contribution is 5.54. The molecule has 0 atom stereocenters. The molecule has 1 aromatic carbocycles. The third-order valence-electron chi connectivity index (χ3n) is 2.01. The smallest absolute Gasteiger partial charge is 0.281 e. The standard InChI is InChI=1S/C8H8N2O6/c11-3-5-1-6(4-12)8(10(15)16)2-7(5)9(13)14/h1-2,11-12H,3-4H2. The summed E-state index contributed by atoms with van der Waals surface area (Å²) in [6.45, 7) is -1.25. The molecule has 8 heteroatoms. The van der Waals surface area contributed by atoms with Crippen LogP contribution in [0.2, 0.25) is 0 Å². The van der Waals surface area contributed by atoms with Crippen molar-refractivity contribution >= 4 is 11.4 Å². The number of hydrogen-bond donors (Lipinski definition) is 2. The van der Waals surface area contributed by atoms with Crippen LogP contribution in [0.25, 0.3) is 0 Å². The van der Waals surface area contributed by atoms with Crippen LogP contribution >= 0.6 is 0 Å². The van der Waals surface area contributed by atoms with Crippen LogP contribution in [0.5, 0.6) is 0 Å². The summed E-state index contributed by atoms with van der Waals surface area (Å²) >= 11 is 0. The summed E-state index contributed by atoms with van der Waals surface area (Å²) in [7, 11) is 0. The van der Waals surface area contributed by atoms with E-state index in [1.54, 1.807) is 0 Å². The maximum Gasteiger partial charge on any atom is 0.281 e. The topological polar surface area (TPSA) is 127 Å². The Balaban J connectivity index is 3.46. The number of nitrogens with zero attached hydrogens (tertiary/aromatic N) is 2. The molecule has 1 aromatic rings. The Morgan fingerprint density at radius 2 is 1.31 bits per heavy atom. The molecule has 0 bridgehead atoms. The van der Waals surface area contributed by atoms with Gasteiger partial charge in [-0.3, -0.25) is 20.2 Å². The minimum absolute atomic E-state index is 0.0698. The van der Waals surface area contributed by atoms with E-state index in [-0.39, 0.29) is 11.1 Å². The van der Waals surface area contributed by atoms with Crippen LogP contribution in [0.4, 0.5) is 11.4 Å². The second kappa shape index (κ2) is 4.64. The first-order valence-corrected chi connectivity index (χ1v) is 4.17. The van der Waals surface area contributed by atoms with Crippen molar-refractivity contribution in [1.29, 1.82) is 0 Å². The summed E-state index contributed by atoms with van der Waals surface area (Å²) < 4.78 is 0. The lowest BCUT2D eigenvalue weighted by Crippen LogP contribution is -2.02. The predicted octanol–water partition coefficient (Wildman–Crippen LogP) is 0.488. The molecule has 0 fully saturated rings. The molecule has 0 aromatic heterocycles. The van der Waals surface area contributed by atoms with Gasteiger partial charge >= 0.3 is 0 Å². The van der Waals surface area contributed by atoms with Crippen molar-refractivity contribution in [2.45, 2.75) is 13.2 Å². The highest BCUT2D eigenvalue weighted by Crippen LogP contribution is 2.28. The zero-order chi connectivity index (χ0) is 12.3. The first-order valence-electron chi connectivity index (χ1n) is 4.17. The molecule has 0 heterocycles. The molecule has 0 amide bonds. The van der Waals surface area contributed by atoms with E-state index in [1.165, 1.54) is 0 Å². The van der Waals surface area contributed by atoms with Crippen molar-refractivity contribution in [2.24, 2.45) is 0 Å². The fourth-order valence-electron chi connectivity index (χ4n) is 1.27. The highest BCUT2D eigenvalue weighted by atomic mass is 16.6. The van der Waals surface area contributed by atoms with Crippen LogP contribution in [0.3, 0.4) is 0 Å². The monoisotopic (exact) mass is 228 g/mol. The Morgan fingerprint density at radius 1 is 0.938 bits per heavy atom. The first-order chi connectivity index (χ1) is 7.51. The number of hydrogen-bond acceptors (Lipinski definition) is 6. The highest BCUT2D eigenvalue weighted by Gasteiger charge is 2.23. The van der Waals surface area contributed by atoms with Gasteiger partial charge in [0.25, 0.3) is 11.4 Å². The van der Waals surface area contributed by atoms with Gasteiger partial charge in [0, 0.05) is 0 Å². The second-order valence-corrected chi connectivity index (χ2v) is 2.94. The van der Waals surface area contributed by atoms with Gasteiger partial charge in [-0.1, -0.05) is 0 Å². The predicted molar refractivity (Wildman–Crippen MR) is 51.6 cm³/mol. The van der Waals surface area contributed by atoms with Crippen LogP contribution < -0.4 is 0 Å². The van der Waals surface area contributed by atoms with Gasteiger partial charge in [0.1, 0.15) is 0 Å². The molecular weight excluding hydrogens is 220 g/mol. The Labute approximate surface area is 89.1 Å². The third-order valence-corrected chi connectivity index (χ3v) is 2.01. The van der Waals surface area contributed by atoms with E-state index in [0.29, 0.717) is 0 Å². The van der Waals surface area contributed by atoms with Crippen molar-refractivity contribution in [3.8, 4) is 0 Å². The van der Waals surface area contributed by atoms with E-state index in [9.17, 15) is 20.2 Å². The maximum atomic E-state index is 10.6. The van der Waals surface area contributed by atoms with Gasteiger partial charge in [-0.25, -0.2) is 0 Å². The van der Waals surface area contributed by atoms with E-state index < -0.39 is 34.4 Å². The van der Waals surface area contributed by atoms with E-state index in [1.807, 2.05) is 0 Å². The largest absolute Gasteiger partial charge is 0.391 e. The number of rotatable bonds is 4. The molecule has 0 aliphatic heterocycles. The summed E-state index contributed by atoms with van der Waals surface area (Å²) in [5.74, 6) is 0. The lowest BCUT2D eigenvalue weighted by atomic mass is 10.1. The van der Waals surface area contributed by atoms with Crippen LogP contribution in [0.1, 0.15) is 11.1 Å². The van der Waals surface area contributed by atoms with Gasteiger partial charge < -0.3 is 10.2 Å². The fourth-order valence-corrected chi connectivity index (χ4v) is 1.27. The van der Waals surface area contributed by atoms with Gasteiger partial charge in [-0.15, -0.1) is 0 Å². The van der Waals surface area contributed by atoms with Crippen LogP contribution in [0, 0.1) is 20.2 Å². The number of aliphatic hydroxyl groups excluding tert-OH is 2. The molecule has 0 unspecified atom stereocenters. The van der Waals surface area contributed by atoms with E-state index in [0.717, 1.165) is 12.1 Å². The molecule has 86 valence electrons. The molecule has 0 spiro atoms. The summed E-state index contributed by atoms with van der Waals surface area (Å²) in [6, 6.07) is 1.79. The summed E-state index contributed by atoms with van der Waals surface area (Å²) in [5.41, 5.74) is -1.21. The van der Waals surface area contributed by atoms with Gasteiger partial charge in [-0.2, -0.15) is 0 Å². The van der Waals surface area contributed by atoms with Crippen molar-refractivity contribution < 1.29 is 20.1 Å². The number of nitro groups is 2. The van der Waals surface area contributed by atoms with E-state index >= 15 is 0 Å². The van der Waals surface area contributed by atoms with Gasteiger partial charge in [-0.05, 0) is 6.07 Å². The SMILES string of the molecule is O=[N+]([O-])c1cc([N+](=O)[O-])c(CO)cc1CO. The van der Waals surface area contributed by atoms with Crippen LogP contribution in [0.15, 0.2) is 12.1 Å². The second-order valence-electron chi connectivity index (χ2n) is 2.94. The van der Waals surface area contributed by atoms with Crippen molar-refractivity contribution in [1.82, 2.24) is 0 Å². The molecule has 0 saturated carbocycles. The third kappa shape index (κ3) is 2.12. The Hall–Kier alpha value is -2.06. The average molecular weight is 228 g/mol. The zero-order valence-corrected chi connectivity index (χ0v) is 7.99. The Bertz CT molecular complexity index is 407. The lowest BCUT2D eigenvalue weighted by Gasteiger charge is -2.03. The Kier molecular flexibility index (Phi) is 3.48. The van der Waals surface area contributed by atoms with Gasteiger partial charge in [0.2, 0.25) is 0 Å². The maximum absolute atomic E-state index is 10.6. The van der Waals surface area contributed by atoms with Crippen LogP contribution in [-0.4, -0.2) is 20.1 Å². The van der Waals surface area contributed by atoms with Crippen molar-refractivity contribution in [3.05, 3.63) is 43.5 Å². The van der Waals surface area contributed by atoms with Crippen molar-refractivity contribution in [2.75, 3.05) is 0 Å². The molecule has 0 aliphatic rings. The number of aliphatic hydroxyl groups is 2. The zero-order valence-electron chi connectivity index (χ0n) is 7.99. The summed E-state index contributed by atoms with van der Waals surface area (Å²) in [5, 5.41) is 38.9. The van der Waals surface area contributed by atoms with Crippen molar-refractivity contribution in [3.63, 3.8) is 0 Å². The molecule has 1 rings (SSSR count). The number of nitro benzene ring substituents is 2. The molecule has 0 radical (unpaired) electrons. The Morgan fingerprint density at radius 3 is 1.56 bits per heavy atom. The molecule has 8 nitrogen and oxygen atoms in total. The quantitative estimate of drug-likeness (QED) is 0.570. The normalized spacial score (nSPS) is 10.1. The van der Waals surface area contributed by atoms with E-state index in [2.05, 4.69) is 0 Å². The molecule has 0 aliphatic carbocycles. The van der Waals surface area contributed by atoms with Crippen LogP contribution in [-0.2, 0) is 13.2 Å². The molecule has 2 N–H and O–H groups in total. The molecular formula is C8H8N2O6. The molecule has 0 saturated heterocycles. The lowest BCUT2D eigenvalue weighted by molar-refractivity contribution is -0.395. The minimum atomic E-state index is -0.820.